The van der Waals surface area contributed by atoms with Crippen molar-refractivity contribution in [2.75, 3.05) is 19.7 Å². The number of nitrogens with one attached hydrogen (secondary N) is 1. The topological polar surface area (TPSA) is 67.9 Å². The van der Waals surface area contributed by atoms with Crippen LogP contribution in [0.15, 0.2) is 18.2 Å². The van der Waals surface area contributed by atoms with Crippen LogP contribution in [0.4, 0.5) is 22.4 Å². The Labute approximate surface area is 152 Å². The van der Waals surface area contributed by atoms with Crippen molar-refractivity contribution in [1.29, 1.82) is 0 Å². The molecule has 27 heavy (non-hydrogen) atoms. The van der Waals surface area contributed by atoms with E-state index < -0.39 is 23.7 Å². The van der Waals surface area contributed by atoms with Crippen LogP contribution in [-0.4, -0.2) is 48.7 Å². The van der Waals surface area contributed by atoms with Crippen LogP contribution in [-0.2, 0) is 27.1 Å². The van der Waals surface area contributed by atoms with Gasteiger partial charge in [0, 0.05) is 25.1 Å². The van der Waals surface area contributed by atoms with E-state index >= 15 is 0 Å². The molecule has 2 aliphatic rings. The van der Waals surface area contributed by atoms with Crippen LogP contribution in [0.5, 0.6) is 0 Å². The van der Waals surface area contributed by atoms with Crippen LogP contribution >= 0.6 is 0 Å². The molecule has 0 aromatic heterocycles. The molecule has 0 spiro atoms. The highest BCUT2D eigenvalue weighted by molar-refractivity contribution is 5.77. The number of halogens is 4. The van der Waals surface area contributed by atoms with Crippen molar-refractivity contribution in [3.05, 3.63) is 35.1 Å². The second-order valence-electron chi connectivity index (χ2n) is 6.51. The molecule has 0 saturated carbocycles. The second-order valence-corrected chi connectivity index (χ2v) is 6.51. The van der Waals surface area contributed by atoms with E-state index in [1.807, 2.05) is 0 Å². The van der Waals surface area contributed by atoms with Crippen molar-refractivity contribution in [3.8, 4) is 0 Å². The van der Waals surface area contributed by atoms with Gasteiger partial charge in [-0.25, -0.2) is 9.18 Å². The number of cyclic esters (lactones) is 1. The number of carbonyl (C=O) groups is 2. The number of alkyl halides is 3. The molecule has 1 unspecified atom stereocenters. The van der Waals surface area contributed by atoms with Crippen molar-refractivity contribution >= 4 is 12.0 Å². The van der Waals surface area contributed by atoms with E-state index in [0.29, 0.717) is 25.6 Å². The van der Waals surface area contributed by atoms with Gasteiger partial charge in [0.25, 0.3) is 0 Å². The molecule has 2 heterocycles. The number of hydrogen-bond donors (Lipinski definition) is 1. The SMILES string of the molecule is O=C1NC(CCC(=O)N2CC(OCc3ccc(C(F)(F)F)cc3F)C2)CO1. The Hall–Kier alpha value is -2.36. The zero-order valence-electron chi connectivity index (χ0n) is 14.2. The number of likely N-dealkylation sites (tertiary alicyclic amines) is 1. The normalized spacial score (nSPS) is 20.2. The predicted octanol–water partition coefficient (Wildman–Crippen LogP) is 2.46. The summed E-state index contributed by atoms with van der Waals surface area (Å²) in [6.45, 7) is 0.766. The molecule has 2 aliphatic heterocycles. The number of benzene rings is 1. The monoisotopic (exact) mass is 390 g/mol. The number of nitrogens with zero attached hydrogens (tertiary/aromatic N) is 1. The quantitative estimate of drug-likeness (QED) is 0.758. The first-order valence-electron chi connectivity index (χ1n) is 8.40. The lowest BCUT2D eigenvalue weighted by molar-refractivity contribution is -0.146. The van der Waals surface area contributed by atoms with E-state index in [1.54, 1.807) is 4.90 Å². The van der Waals surface area contributed by atoms with E-state index in [2.05, 4.69) is 5.32 Å². The third kappa shape index (κ3) is 4.88. The van der Waals surface area contributed by atoms with E-state index in [0.717, 1.165) is 12.1 Å². The summed E-state index contributed by atoms with van der Waals surface area (Å²) in [6, 6.07) is 2.14. The summed E-state index contributed by atoms with van der Waals surface area (Å²) >= 11 is 0. The van der Waals surface area contributed by atoms with Crippen molar-refractivity contribution in [2.45, 2.75) is 37.8 Å². The Morgan fingerprint density at radius 1 is 1.33 bits per heavy atom. The first kappa shape index (κ1) is 19.4. The molecule has 6 nitrogen and oxygen atoms in total. The van der Waals surface area contributed by atoms with Crippen molar-refractivity contribution in [3.63, 3.8) is 0 Å². The molecule has 148 valence electrons. The van der Waals surface area contributed by atoms with Gasteiger partial charge in [0.15, 0.2) is 0 Å². The maximum Gasteiger partial charge on any atom is 0.416 e. The van der Waals surface area contributed by atoms with Gasteiger partial charge in [-0.1, -0.05) is 6.07 Å². The van der Waals surface area contributed by atoms with Crippen molar-refractivity contribution in [2.24, 2.45) is 0 Å². The molecular formula is C17H18F4N2O4. The Balaban J connectivity index is 1.38. The van der Waals surface area contributed by atoms with Crippen LogP contribution in [0, 0.1) is 5.82 Å². The number of rotatable bonds is 6. The minimum Gasteiger partial charge on any atom is -0.447 e. The van der Waals surface area contributed by atoms with Gasteiger partial charge >= 0.3 is 12.3 Å². The van der Waals surface area contributed by atoms with Gasteiger partial charge in [0.1, 0.15) is 12.4 Å². The molecule has 3 rings (SSSR count). The predicted molar refractivity (Wildman–Crippen MR) is 84.1 cm³/mol. The molecule has 1 aromatic carbocycles. The van der Waals surface area contributed by atoms with E-state index in [4.69, 9.17) is 9.47 Å². The number of hydrogen-bond acceptors (Lipinski definition) is 4. The molecule has 2 saturated heterocycles. The standard InChI is InChI=1S/C17H18F4N2O4/c18-14-5-11(17(19,20)21)2-1-10(14)8-26-13-6-23(7-13)15(24)4-3-12-9-27-16(25)22-12/h1-2,5,12-13H,3-4,6-9H2,(H,22,25). The number of amides is 2. The third-order valence-electron chi connectivity index (χ3n) is 4.50. The maximum absolute atomic E-state index is 13.7. The Bertz CT molecular complexity index is 719. The summed E-state index contributed by atoms with van der Waals surface area (Å²) in [7, 11) is 0. The highest BCUT2D eigenvalue weighted by Gasteiger charge is 2.33. The molecule has 0 bridgehead atoms. The Morgan fingerprint density at radius 3 is 2.67 bits per heavy atom. The highest BCUT2D eigenvalue weighted by Crippen LogP contribution is 2.30. The summed E-state index contributed by atoms with van der Waals surface area (Å²) < 4.78 is 61.5. The molecule has 10 heteroatoms. The van der Waals surface area contributed by atoms with Gasteiger partial charge in [0.2, 0.25) is 5.91 Å². The first-order valence-corrected chi connectivity index (χ1v) is 8.40. The summed E-state index contributed by atoms with van der Waals surface area (Å²) in [5.74, 6) is -1.06. The zero-order chi connectivity index (χ0) is 19.6. The minimum absolute atomic E-state index is 0.0322. The molecule has 1 atom stereocenters. The zero-order valence-corrected chi connectivity index (χ0v) is 14.2. The Morgan fingerprint density at radius 2 is 2.07 bits per heavy atom. The van der Waals surface area contributed by atoms with Gasteiger partial charge in [-0.05, 0) is 18.6 Å². The molecular weight excluding hydrogens is 372 g/mol. The smallest absolute Gasteiger partial charge is 0.416 e. The molecule has 0 radical (unpaired) electrons. The third-order valence-corrected chi connectivity index (χ3v) is 4.50. The summed E-state index contributed by atoms with van der Waals surface area (Å²) in [6.07, 6.45) is -4.63. The van der Waals surface area contributed by atoms with Crippen LogP contribution < -0.4 is 5.32 Å². The minimum atomic E-state index is -4.59. The van der Waals surface area contributed by atoms with E-state index in [9.17, 15) is 27.2 Å². The van der Waals surface area contributed by atoms with Gasteiger partial charge in [-0.2, -0.15) is 13.2 Å². The lowest BCUT2D eigenvalue weighted by Gasteiger charge is -2.39. The fourth-order valence-electron chi connectivity index (χ4n) is 2.83. The van der Waals surface area contributed by atoms with Gasteiger partial charge < -0.3 is 19.7 Å². The fourth-order valence-corrected chi connectivity index (χ4v) is 2.83. The molecule has 0 aliphatic carbocycles. The molecule has 1 aromatic rings. The maximum atomic E-state index is 13.7. The molecule has 2 amide bonds. The highest BCUT2D eigenvalue weighted by atomic mass is 19.4. The summed E-state index contributed by atoms with van der Waals surface area (Å²) in [5.41, 5.74) is -1.02. The summed E-state index contributed by atoms with van der Waals surface area (Å²) in [5, 5.41) is 2.59. The van der Waals surface area contributed by atoms with E-state index in [-0.39, 0.29) is 43.3 Å². The van der Waals surface area contributed by atoms with E-state index in [1.165, 1.54) is 0 Å². The van der Waals surface area contributed by atoms with Gasteiger partial charge in [0.05, 0.1) is 24.3 Å². The fraction of sp³-hybridized carbons (Fsp3) is 0.529. The van der Waals surface area contributed by atoms with Crippen LogP contribution in [0.3, 0.4) is 0 Å². The van der Waals surface area contributed by atoms with Gasteiger partial charge in [-0.3, -0.25) is 4.79 Å². The van der Waals surface area contributed by atoms with Gasteiger partial charge in [-0.15, -0.1) is 0 Å². The number of alkyl carbamates (subject to hydrolysis) is 1. The lowest BCUT2D eigenvalue weighted by Crippen LogP contribution is -2.54. The average Bonchev–Trinajstić information content (AvgIpc) is 2.97. The molecule has 1 N–H and O–H groups in total. The van der Waals surface area contributed by atoms with Crippen molar-refractivity contribution in [1.82, 2.24) is 10.2 Å². The first-order chi connectivity index (χ1) is 12.7. The summed E-state index contributed by atoms with van der Waals surface area (Å²) in [4.78, 5) is 24.5. The van der Waals surface area contributed by atoms with Crippen LogP contribution in [0.2, 0.25) is 0 Å². The second kappa shape index (κ2) is 7.71. The van der Waals surface area contributed by atoms with Crippen molar-refractivity contribution < 1.29 is 36.6 Å². The Kier molecular flexibility index (Phi) is 5.54. The molecule has 2 fully saturated rings. The largest absolute Gasteiger partial charge is 0.447 e. The average molecular weight is 390 g/mol. The number of ether oxygens (including phenoxy) is 2. The number of carbonyl (C=O) groups excluding carboxylic acids is 2. The lowest BCUT2D eigenvalue weighted by atomic mass is 10.1. The van der Waals surface area contributed by atoms with Crippen LogP contribution in [0.25, 0.3) is 0 Å². The van der Waals surface area contributed by atoms with Crippen LogP contribution in [0.1, 0.15) is 24.0 Å².